The molecule has 1 aliphatic rings. The van der Waals surface area contributed by atoms with Gasteiger partial charge in [-0.25, -0.2) is 4.79 Å². The molecule has 1 amide bonds. The van der Waals surface area contributed by atoms with E-state index < -0.39 is 5.97 Å². The molecule has 0 saturated heterocycles. The summed E-state index contributed by atoms with van der Waals surface area (Å²) in [5.74, 6) is -1.27. The Morgan fingerprint density at radius 2 is 1.78 bits per heavy atom. The van der Waals surface area contributed by atoms with Crippen LogP contribution >= 0.6 is 0 Å². The molecule has 1 aliphatic carbocycles. The van der Waals surface area contributed by atoms with Crippen LogP contribution in [0.1, 0.15) is 25.7 Å². The molecule has 0 radical (unpaired) electrons. The third-order valence-electron chi connectivity index (χ3n) is 3.21. The minimum Gasteiger partial charge on any atom is -0.478 e. The normalized spacial score (nSPS) is 16.6. The van der Waals surface area contributed by atoms with Gasteiger partial charge in [0.15, 0.2) is 0 Å². The fourth-order valence-electron chi connectivity index (χ4n) is 2.23. The van der Waals surface area contributed by atoms with Crippen LogP contribution in [0, 0.1) is 0 Å². The maximum atomic E-state index is 12.0. The van der Waals surface area contributed by atoms with E-state index in [1.54, 1.807) is 0 Å². The van der Waals surface area contributed by atoms with E-state index in [1.165, 1.54) is 0 Å². The second-order valence-corrected chi connectivity index (χ2v) is 4.94. The molecule has 0 aromatic heterocycles. The second kappa shape index (κ2) is 7.16. The van der Waals surface area contributed by atoms with Gasteiger partial charge in [0.1, 0.15) is 0 Å². The highest BCUT2D eigenvalue weighted by atomic mass is 16.4. The predicted octanol–water partition coefficient (Wildman–Crippen LogP) is 0.960. The summed E-state index contributed by atoms with van der Waals surface area (Å²) in [5, 5.41) is 8.56. The van der Waals surface area contributed by atoms with Crippen molar-refractivity contribution in [3.63, 3.8) is 0 Å². The lowest BCUT2D eigenvalue weighted by atomic mass is 10.2. The molecule has 1 fully saturated rings. The van der Waals surface area contributed by atoms with E-state index in [-0.39, 0.29) is 11.9 Å². The highest BCUT2D eigenvalue weighted by Crippen LogP contribution is 2.23. The molecule has 0 heterocycles. The fraction of sp³-hybridized carbons (Fsp3) is 0.692. The van der Waals surface area contributed by atoms with Gasteiger partial charge in [0.25, 0.3) is 0 Å². The summed E-state index contributed by atoms with van der Waals surface area (Å²) in [5.41, 5.74) is 0. The Bertz CT molecular complexity index is 320. The molecule has 1 N–H and O–H groups in total. The van der Waals surface area contributed by atoms with Gasteiger partial charge in [-0.05, 0) is 26.9 Å². The number of rotatable bonds is 6. The number of hydrogen-bond acceptors (Lipinski definition) is 3. The molecular weight excluding hydrogens is 232 g/mol. The molecule has 102 valence electrons. The monoisotopic (exact) mass is 254 g/mol. The van der Waals surface area contributed by atoms with Crippen molar-refractivity contribution in [2.24, 2.45) is 0 Å². The number of amides is 1. The van der Waals surface area contributed by atoms with E-state index in [9.17, 15) is 9.59 Å². The quantitative estimate of drug-likeness (QED) is 0.717. The van der Waals surface area contributed by atoms with Gasteiger partial charge in [0.2, 0.25) is 5.91 Å². The Morgan fingerprint density at radius 3 is 2.28 bits per heavy atom. The molecule has 18 heavy (non-hydrogen) atoms. The Kier molecular flexibility index (Phi) is 5.85. The van der Waals surface area contributed by atoms with Crippen LogP contribution in [0.15, 0.2) is 12.2 Å². The van der Waals surface area contributed by atoms with Crippen LogP contribution in [0.25, 0.3) is 0 Å². The molecule has 1 saturated carbocycles. The minimum atomic E-state index is -1.08. The first-order chi connectivity index (χ1) is 8.50. The van der Waals surface area contributed by atoms with E-state index in [2.05, 4.69) is 0 Å². The summed E-state index contributed by atoms with van der Waals surface area (Å²) >= 11 is 0. The summed E-state index contributed by atoms with van der Waals surface area (Å²) in [4.78, 5) is 26.3. The number of carbonyl (C=O) groups is 2. The number of aliphatic carboxylic acids is 1. The lowest BCUT2D eigenvalue weighted by Crippen LogP contribution is -2.41. The van der Waals surface area contributed by atoms with Gasteiger partial charge in [-0.3, -0.25) is 4.79 Å². The molecule has 0 bridgehead atoms. The Balaban J connectivity index is 2.63. The van der Waals surface area contributed by atoms with Crippen LogP contribution in [0.5, 0.6) is 0 Å². The summed E-state index contributed by atoms with van der Waals surface area (Å²) in [7, 11) is 3.93. The zero-order valence-electron chi connectivity index (χ0n) is 11.1. The van der Waals surface area contributed by atoms with Crippen molar-refractivity contribution >= 4 is 11.9 Å². The van der Waals surface area contributed by atoms with Gasteiger partial charge in [-0.15, -0.1) is 0 Å². The van der Waals surface area contributed by atoms with E-state index in [0.29, 0.717) is 6.54 Å². The molecule has 0 aromatic carbocycles. The number of carboxylic acid groups (broad SMARTS) is 1. The van der Waals surface area contributed by atoms with E-state index >= 15 is 0 Å². The van der Waals surface area contributed by atoms with Crippen molar-refractivity contribution in [3.05, 3.63) is 12.2 Å². The number of hydrogen-bond donors (Lipinski definition) is 1. The molecule has 5 heteroatoms. The maximum Gasteiger partial charge on any atom is 0.328 e. The smallest absolute Gasteiger partial charge is 0.328 e. The molecular formula is C13H22N2O3. The van der Waals surface area contributed by atoms with Gasteiger partial charge in [-0.1, -0.05) is 12.8 Å². The Hall–Kier alpha value is -1.36. The Labute approximate surface area is 108 Å². The van der Waals surface area contributed by atoms with Crippen LogP contribution in [-0.2, 0) is 9.59 Å². The predicted molar refractivity (Wildman–Crippen MR) is 69.3 cm³/mol. The van der Waals surface area contributed by atoms with Gasteiger partial charge in [0.05, 0.1) is 0 Å². The van der Waals surface area contributed by atoms with Gasteiger partial charge < -0.3 is 14.9 Å². The van der Waals surface area contributed by atoms with E-state index in [1.807, 2.05) is 23.9 Å². The van der Waals surface area contributed by atoms with Crippen molar-refractivity contribution in [2.75, 3.05) is 27.2 Å². The van der Waals surface area contributed by atoms with Crippen LogP contribution in [0.4, 0.5) is 0 Å². The minimum absolute atomic E-state index is 0.189. The summed E-state index contributed by atoms with van der Waals surface area (Å²) < 4.78 is 0. The maximum absolute atomic E-state index is 12.0. The zero-order chi connectivity index (χ0) is 13.5. The summed E-state index contributed by atoms with van der Waals surface area (Å²) in [6, 6.07) is 0.274. The molecule has 0 atom stereocenters. The molecule has 0 spiro atoms. The largest absolute Gasteiger partial charge is 0.478 e. The highest BCUT2D eigenvalue weighted by Gasteiger charge is 2.25. The number of likely N-dealkylation sites (N-methyl/N-ethyl adjacent to an activating group) is 1. The van der Waals surface area contributed by atoms with Gasteiger partial charge in [-0.2, -0.15) is 0 Å². The molecule has 5 nitrogen and oxygen atoms in total. The molecule has 0 unspecified atom stereocenters. The average Bonchev–Trinajstić information content (AvgIpc) is 2.79. The van der Waals surface area contributed by atoms with Crippen LogP contribution < -0.4 is 0 Å². The number of nitrogens with zero attached hydrogens (tertiary/aromatic N) is 2. The third-order valence-corrected chi connectivity index (χ3v) is 3.21. The second-order valence-electron chi connectivity index (χ2n) is 4.94. The molecule has 0 aromatic rings. The van der Waals surface area contributed by atoms with Crippen molar-refractivity contribution < 1.29 is 14.7 Å². The van der Waals surface area contributed by atoms with Crippen LogP contribution in [-0.4, -0.2) is 60.0 Å². The lowest BCUT2D eigenvalue weighted by Gasteiger charge is -2.29. The first-order valence-electron chi connectivity index (χ1n) is 6.37. The van der Waals surface area contributed by atoms with Gasteiger partial charge in [0, 0.05) is 31.3 Å². The summed E-state index contributed by atoms with van der Waals surface area (Å²) in [6.07, 6.45) is 6.44. The Morgan fingerprint density at radius 1 is 1.17 bits per heavy atom. The van der Waals surface area contributed by atoms with Crippen molar-refractivity contribution in [3.8, 4) is 0 Å². The average molecular weight is 254 g/mol. The first kappa shape index (κ1) is 14.7. The summed E-state index contributed by atoms with van der Waals surface area (Å²) in [6.45, 7) is 1.45. The molecule has 1 rings (SSSR count). The van der Waals surface area contributed by atoms with Crippen LogP contribution in [0.2, 0.25) is 0 Å². The van der Waals surface area contributed by atoms with E-state index in [4.69, 9.17) is 5.11 Å². The first-order valence-corrected chi connectivity index (χ1v) is 6.37. The van der Waals surface area contributed by atoms with Crippen molar-refractivity contribution in [1.82, 2.24) is 9.80 Å². The molecule has 0 aliphatic heterocycles. The van der Waals surface area contributed by atoms with Crippen LogP contribution in [0.3, 0.4) is 0 Å². The van der Waals surface area contributed by atoms with Gasteiger partial charge >= 0.3 is 5.97 Å². The lowest BCUT2D eigenvalue weighted by molar-refractivity contribution is -0.132. The standard InChI is InChI=1S/C13H22N2O3/c1-14(2)9-10-15(11-5-3-4-6-11)12(16)7-8-13(17)18/h7-8,11H,3-6,9-10H2,1-2H3,(H,17,18)/b8-7+. The third kappa shape index (κ3) is 4.87. The number of carbonyl (C=O) groups excluding carboxylic acids is 1. The topological polar surface area (TPSA) is 60.9 Å². The van der Waals surface area contributed by atoms with Crippen molar-refractivity contribution in [1.29, 1.82) is 0 Å². The number of carboxylic acids is 1. The zero-order valence-corrected chi connectivity index (χ0v) is 11.1. The SMILES string of the molecule is CN(C)CCN(C(=O)/C=C/C(=O)O)C1CCCC1. The van der Waals surface area contributed by atoms with E-state index in [0.717, 1.165) is 44.4 Å². The fourth-order valence-corrected chi connectivity index (χ4v) is 2.23. The van der Waals surface area contributed by atoms with Crippen molar-refractivity contribution in [2.45, 2.75) is 31.7 Å². The highest BCUT2D eigenvalue weighted by molar-refractivity contribution is 5.94.